The van der Waals surface area contributed by atoms with Gasteiger partial charge < -0.3 is 9.80 Å². The van der Waals surface area contributed by atoms with E-state index >= 15 is 0 Å². The van der Waals surface area contributed by atoms with Crippen molar-refractivity contribution in [2.75, 3.05) is 9.80 Å². The van der Waals surface area contributed by atoms with Gasteiger partial charge in [-0.15, -0.1) is 0 Å². The van der Waals surface area contributed by atoms with E-state index in [1.165, 1.54) is 123 Å². The fraction of sp³-hybridized carbons (Fsp3) is 0.0400. The molecule has 2 heterocycles. The number of benzene rings is 12. The average Bonchev–Trinajstić information content (AvgIpc) is 4.11. The van der Waals surface area contributed by atoms with Gasteiger partial charge in [-0.3, -0.25) is 0 Å². The molecule has 17 rings (SSSR count). The highest BCUT2D eigenvalue weighted by Gasteiger charge is 2.55. The zero-order valence-corrected chi connectivity index (χ0v) is 42.1. The Hall–Kier alpha value is -9.76. The number of hydrogen-bond acceptors (Lipinski definition) is 2. The Bertz CT molecular complexity index is 4050. The third-order valence-corrected chi connectivity index (χ3v) is 18.1. The van der Waals surface area contributed by atoms with E-state index in [-0.39, 0.29) is 0 Å². The van der Waals surface area contributed by atoms with Crippen LogP contribution in [0, 0.1) is 0 Å². The molecule has 77 heavy (non-hydrogen) atoms. The van der Waals surface area contributed by atoms with E-state index < -0.39 is 16.2 Å². The Balaban J connectivity index is 0.935. The van der Waals surface area contributed by atoms with Crippen LogP contribution in [-0.4, -0.2) is 0 Å². The van der Waals surface area contributed by atoms with Crippen molar-refractivity contribution < 1.29 is 0 Å². The van der Waals surface area contributed by atoms with Crippen LogP contribution in [0.1, 0.15) is 66.8 Å². The topological polar surface area (TPSA) is 6.48 Å². The summed E-state index contributed by atoms with van der Waals surface area (Å²) in [7, 11) is 0. The van der Waals surface area contributed by atoms with E-state index in [4.69, 9.17) is 0 Å². The largest absolute Gasteiger partial charge is 0.310 e. The zero-order chi connectivity index (χ0) is 50.5. The minimum atomic E-state index is -0.661. The van der Waals surface area contributed by atoms with E-state index in [1.54, 1.807) is 0 Å². The molecule has 12 aromatic carbocycles. The number of rotatable bonds is 4. The summed E-state index contributed by atoms with van der Waals surface area (Å²) < 4.78 is 0. The van der Waals surface area contributed by atoms with Gasteiger partial charge in [0.15, 0.2) is 0 Å². The molecule has 12 aromatic rings. The maximum absolute atomic E-state index is 2.59. The van der Waals surface area contributed by atoms with Gasteiger partial charge in [0.2, 0.25) is 0 Å². The first-order chi connectivity index (χ1) is 38.2. The molecule has 0 unspecified atom stereocenters. The van der Waals surface area contributed by atoms with Crippen LogP contribution >= 0.6 is 0 Å². The highest BCUT2D eigenvalue weighted by atomic mass is 15.2. The van der Waals surface area contributed by atoms with Crippen LogP contribution in [0.4, 0.5) is 34.1 Å². The predicted molar refractivity (Wildman–Crippen MR) is 315 cm³/mol. The molecular formula is C75H48N2. The van der Waals surface area contributed by atoms with Gasteiger partial charge in [-0.1, -0.05) is 231 Å². The van der Waals surface area contributed by atoms with Crippen molar-refractivity contribution in [3.8, 4) is 33.4 Å². The van der Waals surface area contributed by atoms with E-state index in [1.807, 2.05) is 0 Å². The summed E-state index contributed by atoms with van der Waals surface area (Å²) in [6.07, 6.45) is 0. The van der Waals surface area contributed by atoms with Gasteiger partial charge in [0.1, 0.15) is 0 Å². The van der Waals surface area contributed by atoms with Crippen molar-refractivity contribution in [3.05, 3.63) is 358 Å². The Kier molecular flexibility index (Phi) is 8.65. The number of para-hydroxylation sites is 6. The van der Waals surface area contributed by atoms with E-state index in [2.05, 4.69) is 301 Å². The molecule has 0 N–H and O–H groups in total. The molecule has 0 amide bonds. The maximum Gasteiger partial charge on any atom is 0.0754 e. The minimum absolute atomic E-state index is 0.560. The lowest BCUT2D eigenvalue weighted by atomic mass is 9.63. The standard InChI is InChI=1S/C75H48N2/c1-3-23-51(24-4-1)76-69-39-19-15-35-65(69)74(66-36-16-20-40-70(66)76)61-33-13-9-29-55(61)57-47-49(43-45-63(57)74)73(59-31-11-7-27-53(59)54-28-8-12-32-60(54)73)50-44-46-64-58(48-50)56-30-10-14-34-62(56)75(64)67-37-17-21-41-71(67)77(52-25-5-2-6-26-52)72-42-22-18-38-68(72)75/h1-48H. The molecule has 0 saturated carbocycles. The third kappa shape index (κ3) is 5.25. The second-order valence-corrected chi connectivity index (χ2v) is 21.4. The van der Waals surface area contributed by atoms with Crippen LogP contribution in [0.25, 0.3) is 33.4 Å². The van der Waals surface area contributed by atoms with Crippen molar-refractivity contribution in [2.45, 2.75) is 16.2 Å². The van der Waals surface area contributed by atoms with Crippen LogP contribution in [0.5, 0.6) is 0 Å². The highest BCUT2D eigenvalue weighted by Crippen LogP contribution is 2.67. The fourth-order valence-electron chi connectivity index (χ4n) is 15.4. The third-order valence-electron chi connectivity index (χ3n) is 18.1. The van der Waals surface area contributed by atoms with Crippen LogP contribution in [0.3, 0.4) is 0 Å². The van der Waals surface area contributed by atoms with Crippen molar-refractivity contribution in [3.63, 3.8) is 0 Å². The lowest BCUT2D eigenvalue weighted by molar-refractivity contribution is 0.740. The molecule has 0 fully saturated rings. The number of anilines is 6. The molecule has 0 saturated heterocycles. The minimum Gasteiger partial charge on any atom is -0.310 e. The number of hydrogen-bond donors (Lipinski definition) is 0. The number of nitrogens with zero attached hydrogens (tertiary/aromatic N) is 2. The van der Waals surface area contributed by atoms with E-state index in [0.29, 0.717) is 0 Å². The van der Waals surface area contributed by atoms with Crippen LogP contribution in [0.2, 0.25) is 0 Å². The average molecular weight is 977 g/mol. The Morgan fingerprint density at radius 3 is 0.766 bits per heavy atom. The molecule has 0 aromatic heterocycles. The van der Waals surface area contributed by atoms with Gasteiger partial charge in [0.25, 0.3) is 0 Å². The lowest BCUT2D eigenvalue weighted by Crippen LogP contribution is -2.36. The van der Waals surface area contributed by atoms with Crippen LogP contribution in [-0.2, 0) is 16.2 Å². The first-order valence-corrected chi connectivity index (χ1v) is 27.0. The summed E-state index contributed by atoms with van der Waals surface area (Å²) in [4.78, 5) is 4.93. The van der Waals surface area contributed by atoms with Gasteiger partial charge in [0.05, 0.1) is 39.0 Å². The molecule has 3 aliphatic carbocycles. The quantitative estimate of drug-likeness (QED) is 0.173. The van der Waals surface area contributed by atoms with Gasteiger partial charge in [-0.2, -0.15) is 0 Å². The lowest BCUT2D eigenvalue weighted by Gasteiger charge is -2.45. The summed E-state index contributed by atoms with van der Waals surface area (Å²) in [5, 5.41) is 0. The first-order valence-electron chi connectivity index (χ1n) is 27.0. The van der Waals surface area contributed by atoms with Crippen molar-refractivity contribution in [1.82, 2.24) is 0 Å². The summed E-state index contributed by atoms with van der Waals surface area (Å²) in [5.74, 6) is 0. The zero-order valence-electron chi connectivity index (χ0n) is 42.1. The molecule has 0 atom stereocenters. The molecule has 358 valence electrons. The SMILES string of the molecule is c1ccc(N2c3ccccc3C3(c4ccccc4-c4cc(C5(c6ccc7c(c6)-c6ccccc6C76c7ccccc7N(c7ccccc7)c7ccccc76)c6ccccc6-c6ccccc65)ccc43)c3ccccc32)cc1. The van der Waals surface area contributed by atoms with Gasteiger partial charge >= 0.3 is 0 Å². The van der Waals surface area contributed by atoms with Crippen LogP contribution < -0.4 is 9.80 Å². The first kappa shape index (κ1) is 42.6. The Labute approximate surface area is 449 Å². The summed E-state index contributed by atoms with van der Waals surface area (Å²) in [6, 6.07) is 110. The second kappa shape index (κ2) is 15.6. The fourth-order valence-corrected chi connectivity index (χ4v) is 15.4. The summed E-state index contributed by atoms with van der Waals surface area (Å²) >= 11 is 0. The van der Waals surface area contributed by atoms with Gasteiger partial charge in [0, 0.05) is 11.4 Å². The van der Waals surface area contributed by atoms with Crippen molar-refractivity contribution in [2.24, 2.45) is 0 Å². The maximum atomic E-state index is 2.59. The monoisotopic (exact) mass is 976 g/mol. The Morgan fingerprint density at radius 2 is 0.429 bits per heavy atom. The van der Waals surface area contributed by atoms with Crippen molar-refractivity contribution >= 4 is 34.1 Å². The molecule has 2 nitrogen and oxygen atoms in total. The smallest absolute Gasteiger partial charge is 0.0754 e. The van der Waals surface area contributed by atoms with Gasteiger partial charge in [-0.25, -0.2) is 0 Å². The van der Waals surface area contributed by atoms with Gasteiger partial charge in [-0.05, 0) is 161 Å². The molecule has 5 aliphatic rings. The Morgan fingerprint density at radius 1 is 0.182 bits per heavy atom. The molecular weight excluding hydrogens is 929 g/mol. The molecule has 0 bridgehead atoms. The molecule has 2 spiro atoms. The van der Waals surface area contributed by atoms with Crippen LogP contribution in [0.15, 0.2) is 291 Å². The van der Waals surface area contributed by atoms with E-state index in [9.17, 15) is 0 Å². The highest BCUT2D eigenvalue weighted by molar-refractivity contribution is 5.99. The molecule has 0 radical (unpaired) electrons. The second-order valence-electron chi connectivity index (χ2n) is 21.4. The normalized spacial score (nSPS) is 15.3. The summed E-state index contributed by atoms with van der Waals surface area (Å²) in [5.41, 5.74) is 28.6. The summed E-state index contributed by atoms with van der Waals surface area (Å²) in [6.45, 7) is 0. The van der Waals surface area contributed by atoms with Crippen molar-refractivity contribution in [1.29, 1.82) is 0 Å². The molecule has 2 aliphatic heterocycles. The predicted octanol–water partition coefficient (Wildman–Crippen LogP) is 18.3. The van der Waals surface area contributed by atoms with E-state index in [0.717, 1.165) is 11.4 Å². The molecule has 2 heteroatoms. The number of fused-ring (bicyclic) bond motifs is 21.